The van der Waals surface area contributed by atoms with Crippen molar-refractivity contribution in [2.75, 3.05) is 18.0 Å². The Balaban J connectivity index is 1.88. The van der Waals surface area contributed by atoms with Crippen LogP contribution >= 0.6 is 0 Å². The van der Waals surface area contributed by atoms with Gasteiger partial charge in [-0.05, 0) is 36.8 Å². The summed E-state index contributed by atoms with van der Waals surface area (Å²) in [7, 11) is 0. The van der Waals surface area contributed by atoms with Gasteiger partial charge in [-0.2, -0.15) is 0 Å². The van der Waals surface area contributed by atoms with Crippen LogP contribution in [0.15, 0.2) is 24.3 Å². The van der Waals surface area contributed by atoms with Crippen molar-refractivity contribution in [3.63, 3.8) is 0 Å². The fraction of sp³-hybridized carbons (Fsp3) is 0.538. The Kier molecular flexibility index (Phi) is 2.28. The molecule has 3 fully saturated rings. The maximum absolute atomic E-state index is 9.52. The third-order valence-corrected chi connectivity index (χ3v) is 4.07. The summed E-state index contributed by atoms with van der Waals surface area (Å²) >= 11 is 0. The van der Waals surface area contributed by atoms with Gasteiger partial charge >= 0.3 is 0 Å². The number of nitrogens with zero attached hydrogens (tertiary/aromatic N) is 1. The second-order valence-corrected chi connectivity index (χ2v) is 5.07. The lowest BCUT2D eigenvalue weighted by molar-refractivity contribution is 0.114. The topological polar surface area (TPSA) is 49.5 Å². The molecule has 2 saturated heterocycles. The van der Waals surface area contributed by atoms with Crippen LogP contribution in [0.3, 0.4) is 0 Å². The van der Waals surface area contributed by atoms with Crippen LogP contribution in [-0.2, 0) is 0 Å². The molecule has 1 aliphatic carbocycles. The van der Waals surface area contributed by atoms with E-state index in [1.807, 2.05) is 12.1 Å². The molecule has 0 aromatic heterocycles. The molecular formula is C13H18N2O. The van der Waals surface area contributed by atoms with Gasteiger partial charge in [-0.15, -0.1) is 0 Å². The Morgan fingerprint density at radius 3 is 2.88 bits per heavy atom. The zero-order valence-electron chi connectivity index (χ0n) is 9.34. The number of phenols is 1. The summed E-state index contributed by atoms with van der Waals surface area (Å²) in [5.74, 6) is 1.95. The van der Waals surface area contributed by atoms with Gasteiger partial charge in [-0.1, -0.05) is 6.07 Å². The number of rotatable bonds is 2. The standard InChI is InChI=1S/C13H18N2O/c14-7-13-10-4-9(5-10)8-15(13)11-2-1-3-12(16)6-11/h1-3,6,9-10,13,16H,4-5,7-8,14H2. The van der Waals surface area contributed by atoms with E-state index in [1.54, 1.807) is 6.07 Å². The normalized spacial score (nSPS) is 32.3. The van der Waals surface area contributed by atoms with Gasteiger partial charge < -0.3 is 15.7 Å². The predicted octanol–water partition coefficient (Wildman–Crippen LogP) is 1.57. The maximum atomic E-state index is 9.52. The molecule has 3 aliphatic rings. The SMILES string of the molecule is NCC1C2CC(C2)CN1c1cccc(O)c1. The Bertz CT molecular complexity index is 387. The van der Waals surface area contributed by atoms with E-state index in [0.717, 1.165) is 24.1 Å². The molecular weight excluding hydrogens is 200 g/mol. The number of phenolic OH excluding ortho intramolecular Hbond substituents is 1. The van der Waals surface area contributed by atoms with Gasteiger partial charge in [-0.25, -0.2) is 0 Å². The Hall–Kier alpha value is -1.22. The van der Waals surface area contributed by atoms with Gasteiger partial charge in [0.05, 0.1) is 0 Å². The zero-order valence-corrected chi connectivity index (χ0v) is 9.34. The number of aromatic hydroxyl groups is 1. The third kappa shape index (κ3) is 1.47. The lowest BCUT2D eigenvalue weighted by Crippen LogP contribution is -2.58. The average Bonchev–Trinajstić information content (AvgIpc) is 2.27. The summed E-state index contributed by atoms with van der Waals surface area (Å²) in [6, 6.07) is 7.98. The molecule has 1 atom stereocenters. The van der Waals surface area contributed by atoms with Crippen molar-refractivity contribution in [1.29, 1.82) is 0 Å². The van der Waals surface area contributed by atoms with Crippen molar-refractivity contribution in [1.82, 2.24) is 0 Å². The van der Waals surface area contributed by atoms with Gasteiger partial charge in [-0.3, -0.25) is 0 Å². The minimum atomic E-state index is 0.340. The zero-order chi connectivity index (χ0) is 11.1. The first-order valence-corrected chi connectivity index (χ1v) is 6.03. The molecule has 3 heteroatoms. The van der Waals surface area contributed by atoms with Gasteiger partial charge in [0.25, 0.3) is 0 Å². The molecule has 1 unspecified atom stereocenters. The molecule has 3 N–H and O–H groups in total. The number of hydrogen-bond donors (Lipinski definition) is 2. The van der Waals surface area contributed by atoms with E-state index < -0.39 is 0 Å². The molecule has 1 aromatic rings. The van der Waals surface area contributed by atoms with Crippen molar-refractivity contribution in [3.8, 4) is 5.75 Å². The van der Waals surface area contributed by atoms with Gasteiger partial charge in [0.15, 0.2) is 0 Å². The number of benzene rings is 1. The molecule has 16 heavy (non-hydrogen) atoms. The molecule has 4 rings (SSSR count). The van der Waals surface area contributed by atoms with E-state index in [2.05, 4.69) is 11.0 Å². The van der Waals surface area contributed by atoms with Crippen LogP contribution in [0.5, 0.6) is 5.75 Å². The van der Waals surface area contributed by atoms with Crippen molar-refractivity contribution in [2.24, 2.45) is 17.6 Å². The fourth-order valence-electron chi connectivity index (χ4n) is 3.21. The molecule has 2 heterocycles. The summed E-state index contributed by atoms with van der Waals surface area (Å²) in [6.07, 6.45) is 2.69. The lowest BCUT2D eigenvalue weighted by atomic mass is 9.66. The largest absolute Gasteiger partial charge is 0.508 e. The highest BCUT2D eigenvalue weighted by Crippen LogP contribution is 2.45. The Labute approximate surface area is 95.9 Å². The molecule has 0 spiro atoms. The van der Waals surface area contributed by atoms with Crippen LogP contribution in [0.25, 0.3) is 0 Å². The first kappa shape index (κ1) is 9.97. The van der Waals surface area contributed by atoms with Crippen LogP contribution in [0.2, 0.25) is 0 Å². The highest BCUT2D eigenvalue weighted by atomic mass is 16.3. The van der Waals surface area contributed by atoms with E-state index >= 15 is 0 Å². The molecule has 0 radical (unpaired) electrons. The molecule has 2 aliphatic heterocycles. The molecule has 0 amide bonds. The smallest absolute Gasteiger partial charge is 0.117 e. The summed E-state index contributed by atoms with van der Waals surface area (Å²) in [4.78, 5) is 2.38. The molecule has 1 saturated carbocycles. The molecule has 86 valence electrons. The van der Waals surface area contributed by atoms with Crippen molar-refractivity contribution in [2.45, 2.75) is 18.9 Å². The van der Waals surface area contributed by atoms with Gasteiger partial charge in [0.2, 0.25) is 0 Å². The summed E-state index contributed by atoms with van der Waals surface area (Å²) in [5, 5.41) is 9.52. The van der Waals surface area contributed by atoms with E-state index in [-0.39, 0.29) is 0 Å². The third-order valence-electron chi connectivity index (χ3n) is 4.07. The van der Waals surface area contributed by atoms with E-state index in [9.17, 15) is 5.11 Å². The van der Waals surface area contributed by atoms with E-state index in [1.165, 1.54) is 12.8 Å². The van der Waals surface area contributed by atoms with Crippen LogP contribution in [0, 0.1) is 11.8 Å². The number of hydrogen-bond acceptors (Lipinski definition) is 3. The minimum Gasteiger partial charge on any atom is -0.508 e. The summed E-state index contributed by atoms with van der Waals surface area (Å²) < 4.78 is 0. The predicted molar refractivity (Wildman–Crippen MR) is 64.5 cm³/mol. The highest BCUT2D eigenvalue weighted by molar-refractivity contribution is 5.52. The first-order valence-electron chi connectivity index (χ1n) is 6.03. The first-order chi connectivity index (χ1) is 7.78. The van der Waals surface area contributed by atoms with Gasteiger partial charge in [0.1, 0.15) is 5.75 Å². The average molecular weight is 218 g/mol. The van der Waals surface area contributed by atoms with Crippen molar-refractivity contribution >= 4 is 5.69 Å². The van der Waals surface area contributed by atoms with Crippen LogP contribution in [0.4, 0.5) is 5.69 Å². The minimum absolute atomic E-state index is 0.340. The quantitative estimate of drug-likeness (QED) is 0.792. The highest BCUT2D eigenvalue weighted by Gasteiger charge is 2.43. The monoisotopic (exact) mass is 218 g/mol. The van der Waals surface area contributed by atoms with Crippen molar-refractivity contribution in [3.05, 3.63) is 24.3 Å². The van der Waals surface area contributed by atoms with Crippen LogP contribution in [0.1, 0.15) is 12.8 Å². The van der Waals surface area contributed by atoms with Crippen LogP contribution < -0.4 is 10.6 Å². The maximum Gasteiger partial charge on any atom is 0.117 e. The second-order valence-electron chi connectivity index (χ2n) is 5.07. The number of piperidine rings is 2. The van der Waals surface area contributed by atoms with Crippen LogP contribution in [-0.4, -0.2) is 24.2 Å². The second kappa shape index (κ2) is 3.67. The fourth-order valence-corrected chi connectivity index (χ4v) is 3.21. The Morgan fingerprint density at radius 2 is 2.19 bits per heavy atom. The summed E-state index contributed by atoms with van der Waals surface area (Å²) in [5.41, 5.74) is 7.00. The summed E-state index contributed by atoms with van der Waals surface area (Å²) in [6.45, 7) is 1.81. The Morgan fingerprint density at radius 1 is 1.38 bits per heavy atom. The van der Waals surface area contributed by atoms with E-state index in [4.69, 9.17) is 5.73 Å². The number of nitrogens with two attached hydrogens (primary N) is 1. The van der Waals surface area contributed by atoms with Crippen molar-refractivity contribution < 1.29 is 5.11 Å². The molecule has 1 aromatic carbocycles. The van der Waals surface area contributed by atoms with E-state index in [0.29, 0.717) is 18.3 Å². The lowest BCUT2D eigenvalue weighted by Gasteiger charge is -2.53. The molecule has 3 nitrogen and oxygen atoms in total. The molecule has 2 bridgehead atoms. The number of anilines is 1. The van der Waals surface area contributed by atoms with Gasteiger partial charge in [0, 0.05) is 30.9 Å². The number of fused-ring (bicyclic) bond motifs is 2.